The number of aliphatic carboxylic acids is 1. The number of carboxylic acids is 1. The van der Waals surface area contributed by atoms with Gasteiger partial charge in [-0.3, -0.25) is 14.5 Å². The van der Waals surface area contributed by atoms with Gasteiger partial charge in [-0.15, -0.1) is 0 Å². The number of oxime groups is 1. The number of fused-ring (bicyclic) bond motifs is 2. The summed E-state index contributed by atoms with van der Waals surface area (Å²) < 4.78 is 0. The second-order valence-electron chi connectivity index (χ2n) is 9.44. The smallest absolute Gasteiger partial charge is 0.327 e. The molecule has 1 fully saturated rings. The van der Waals surface area contributed by atoms with Gasteiger partial charge in [0.25, 0.3) is 5.91 Å². The van der Waals surface area contributed by atoms with E-state index in [0.717, 1.165) is 24.2 Å². The van der Waals surface area contributed by atoms with Crippen LogP contribution >= 0.6 is 0 Å². The van der Waals surface area contributed by atoms with Crippen LogP contribution in [0.4, 0.5) is 4.79 Å². The maximum Gasteiger partial charge on any atom is 0.327 e. The van der Waals surface area contributed by atoms with Crippen molar-refractivity contribution >= 4 is 29.2 Å². The fraction of sp³-hybridized carbons (Fsp3) is 0.500. The minimum absolute atomic E-state index is 0.0982. The molecule has 1 aromatic rings. The Kier molecular flexibility index (Phi) is 5.56. The van der Waals surface area contributed by atoms with Crippen molar-refractivity contribution in [1.29, 1.82) is 0 Å². The third-order valence-electron chi connectivity index (χ3n) is 7.19. The Hall–Kier alpha value is -3.16. The number of likely N-dealkylation sites (N-methyl/N-ethyl adjacent to an activating group) is 1. The number of rotatable bonds is 6. The molecule has 1 saturated heterocycles. The van der Waals surface area contributed by atoms with E-state index in [4.69, 9.17) is 0 Å². The van der Waals surface area contributed by atoms with Crippen LogP contribution in [-0.2, 0) is 16.0 Å². The molecule has 2 N–H and O–H groups in total. The molecule has 1 atom stereocenters. The lowest BCUT2D eigenvalue weighted by molar-refractivity contribution is -0.142. The molecule has 1 unspecified atom stereocenters. The van der Waals surface area contributed by atoms with Crippen LogP contribution in [0.5, 0.6) is 0 Å². The summed E-state index contributed by atoms with van der Waals surface area (Å²) in [5.74, 6) is -2.68. The summed E-state index contributed by atoms with van der Waals surface area (Å²) in [4.78, 5) is 39.5. The number of nitrogens with zero attached hydrogens (tertiary/aromatic N) is 3. The van der Waals surface area contributed by atoms with E-state index in [1.165, 1.54) is 47.1 Å². The van der Waals surface area contributed by atoms with Crippen LogP contribution in [0.25, 0.3) is 5.57 Å². The normalized spacial score (nSPS) is 21.2. The number of imide groups is 1. The van der Waals surface area contributed by atoms with E-state index in [1.807, 2.05) is 18.2 Å². The van der Waals surface area contributed by atoms with Crippen LogP contribution < -0.4 is 0 Å². The van der Waals surface area contributed by atoms with Crippen LogP contribution in [0.2, 0.25) is 0 Å². The first-order chi connectivity index (χ1) is 15.1. The molecule has 1 heterocycles. The highest BCUT2D eigenvalue weighted by molar-refractivity contribution is 6.07. The lowest BCUT2D eigenvalue weighted by Gasteiger charge is -2.22. The lowest BCUT2D eigenvalue weighted by atomic mass is 9.91. The Bertz CT molecular complexity index is 1060. The molecule has 0 bridgehead atoms. The Morgan fingerprint density at radius 1 is 1.22 bits per heavy atom. The quantitative estimate of drug-likeness (QED) is 0.305. The number of carbonyl (C=O) groups excluding carboxylic acids is 2. The Morgan fingerprint density at radius 2 is 1.94 bits per heavy atom. The Morgan fingerprint density at radius 3 is 2.56 bits per heavy atom. The van der Waals surface area contributed by atoms with Crippen LogP contribution in [-0.4, -0.2) is 62.9 Å². The zero-order valence-electron chi connectivity index (χ0n) is 18.7. The van der Waals surface area contributed by atoms with Crippen molar-refractivity contribution in [2.24, 2.45) is 11.1 Å². The molecule has 0 saturated carbocycles. The van der Waals surface area contributed by atoms with Crippen molar-refractivity contribution in [2.45, 2.75) is 57.9 Å². The zero-order valence-corrected chi connectivity index (χ0v) is 18.7. The number of amides is 3. The zero-order chi connectivity index (χ0) is 23.2. The van der Waals surface area contributed by atoms with Gasteiger partial charge in [0.2, 0.25) is 0 Å². The van der Waals surface area contributed by atoms with Gasteiger partial charge >= 0.3 is 12.0 Å². The molecule has 0 radical (unpaired) electrons. The fourth-order valence-corrected chi connectivity index (χ4v) is 4.97. The molecular formula is C24H29N3O5. The highest BCUT2D eigenvalue weighted by Gasteiger charge is 2.50. The van der Waals surface area contributed by atoms with Crippen LogP contribution in [0.1, 0.15) is 62.6 Å². The van der Waals surface area contributed by atoms with Crippen LogP contribution in [0.3, 0.4) is 0 Å². The molecule has 8 heteroatoms. The minimum atomic E-state index is -1.16. The molecule has 0 aromatic heterocycles. The first-order valence-electron chi connectivity index (χ1n) is 11.0. The first kappa shape index (κ1) is 22.0. The van der Waals surface area contributed by atoms with Gasteiger partial charge < -0.3 is 15.2 Å². The highest BCUT2D eigenvalue weighted by atomic mass is 16.4. The minimum Gasteiger partial charge on any atom is -0.481 e. The average molecular weight is 440 g/mol. The van der Waals surface area contributed by atoms with Crippen LogP contribution in [0.15, 0.2) is 28.9 Å². The molecule has 3 amide bonds. The largest absolute Gasteiger partial charge is 0.481 e. The molecule has 170 valence electrons. The summed E-state index contributed by atoms with van der Waals surface area (Å²) in [5, 5.41) is 22.9. The number of hydrogen-bond donors (Lipinski definition) is 2. The first-order valence-corrected chi connectivity index (χ1v) is 11.0. The molecule has 2 aliphatic carbocycles. The van der Waals surface area contributed by atoms with Gasteiger partial charge in [-0.25, -0.2) is 4.79 Å². The second-order valence-corrected chi connectivity index (χ2v) is 9.44. The standard InChI is InChI=1S/C24H29N3O5/c1-24(2)22(30)27(23(31)26(24)3)13-17(21(28)29)12-20(25-32)15-8-9-19-16(11-15)10-14-6-4-5-7-18(14)19/h8-9,11,17,32H,4-7,10,12-13H2,1-3H3,(H,28,29)/b25-20-. The molecule has 8 nitrogen and oxygen atoms in total. The SMILES string of the molecule is CN1C(=O)N(CC(C/C(=N/O)c2ccc3c(c2)CC2=C3CCCC2)C(=O)O)C(=O)C1(C)C. The number of carboxylic acid groups (broad SMARTS) is 1. The average Bonchev–Trinajstić information content (AvgIpc) is 3.21. The number of carbonyl (C=O) groups is 3. The van der Waals surface area contributed by atoms with Gasteiger partial charge in [-0.2, -0.15) is 0 Å². The van der Waals surface area contributed by atoms with E-state index in [1.54, 1.807) is 13.8 Å². The van der Waals surface area contributed by atoms with Crippen molar-refractivity contribution in [3.63, 3.8) is 0 Å². The number of allylic oxidation sites excluding steroid dienone is 2. The topological polar surface area (TPSA) is 111 Å². The van der Waals surface area contributed by atoms with Gasteiger partial charge in [0.15, 0.2) is 0 Å². The van der Waals surface area contributed by atoms with Gasteiger partial charge in [-0.05, 0) is 74.3 Å². The van der Waals surface area contributed by atoms with E-state index in [2.05, 4.69) is 5.16 Å². The van der Waals surface area contributed by atoms with Gasteiger partial charge in [-0.1, -0.05) is 22.9 Å². The summed E-state index contributed by atoms with van der Waals surface area (Å²) >= 11 is 0. The maximum absolute atomic E-state index is 12.7. The molecule has 3 aliphatic rings. The predicted octanol–water partition coefficient (Wildman–Crippen LogP) is 3.51. The number of urea groups is 1. The van der Waals surface area contributed by atoms with E-state index in [0.29, 0.717) is 5.56 Å². The summed E-state index contributed by atoms with van der Waals surface area (Å²) in [5.41, 5.74) is 5.20. The molecule has 1 aromatic carbocycles. The summed E-state index contributed by atoms with van der Waals surface area (Å²) in [6.07, 6.45) is 5.40. The molecular weight excluding hydrogens is 410 g/mol. The van der Waals surface area contributed by atoms with Gasteiger partial charge in [0.1, 0.15) is 5.54 Å². The summed E-state index contributed by atoms with van der Waals surface area (Å²) in [7, 11) is 1.52. The summed E-state index contributed by atoms with van der Waals surface area (Å²) in [6.45, 7) is 2.98. The predicted molar refractivity (Wildman–Crippen MR) is 119 cm³/mol. The number of hydrogen-bond acceptors (Lipinski definition) is 5. The lowest BCUT2D eigenvalue weighted by Crippen LogP contribution is -2.42. The van der Waals surface area contributed by atoms with E-state index in [-0.39, 0.29) is 18.7 Å². The fourth-order valence-electron chi connectivity index (χ4n) is 4.97. The van der Waals surface area contributed by atoms with Crippen molar-refractivity contribution in [1.82, 2.24) is 9.80 Å². The monoisotopic (exact) mass is 439 g/mol. The molecule has 0 spiro atoms. The van der Waals surface area contributed by atoms with Crippen molar-refractivity contribution in [3.8, 4) is 0 Å². The van der Waals surface area contributed by atoms with Gasteiger partial charge in [0, 0.05) is 20.0 Å². The second kappa shape index (κ2) is 8.07. The maximum atomic E-state index is 12.7. The molecule has 4 rings (SSSR count). The van der Waals surface area contributed by atoms with Gasteiger partial charge in [0.05, 0.1) is 11.6 Å². The van der Waals surface area contributed by atoms with Crippen molar-refractivity contribution < 1.29 is 24.7 Å². The van der Waals surface area contributed by atoms with Crippen molar-refractivity contribution in [3.05, 3.63) is 40.5 Å². The molecule has 1 aliphatic heterocycles. The van der Waals surface area contributed by atoms with Crippen molar-refractivity contribution in [2.75, 3.05) is 13.6 Å². The van der Waals surface area contributed by atoms with E-state index in [9.17, 15) is 24.7 Å². The third-order valence-corrected chi connectivity index (χ3v) is 7.19. The summed E-state index contributed by atoms with van der Waals surface area (Å²) in [6, 6.07) is 5.35. The van der Waals surface area contributed by atoms with Crippen LogP contribution in [0, 0.1) is 5.92 Å². The van der Waals surface area contributed by atoms with E-state index < -0.39 is 29.4 Å². The van der Waals surface area contributed by atoms with E-state index >= 15 is 0 Å². The molecule has 32 heavy (non-hydrogen) atoms. The highest BCUT2D eigenvalue weighted by Crippen LogP contribution is 2.41. The third kappa shape index (κ3) is 3.57. The Balaban J connectivity index is 1.53. The Labute approximate surface area is 187 Å². The number of benzene rings is 1.